The molecule has 0 saturated carbocycles. The second kappa shape index (κ2) is 6.88. The van der Waals surface area contributed by atoms with E-state index in [1.165, 1.54) is 0 Å². The fourth-order valence-corrected chi connectivity index (χ4v) is 1.98. The number of hydrogen-bond acceptors (Lipinski definition) is 4. The van der Waals surface area contributed by atoms with Crippen molar-refractivity contribution >= 4 is 29.2 Å². The monoisotopic (exact) mass is 326 g/mol. The Balaban J connectivity index is 3.10. The Kier molecular flexibility index (Phi) is 5.74. The second-order valence-corrected chi connectivity index (χ2v) is 4.43. The van der Waals surface area contributed by atoms with E-state index in [4.69, 9.17) is 23.2 Å². The number of esters is 1. The number of hydrogen-bond donors (Lipinski definition) is 1. The topological polar surface area (TPSA) is 55.8 Å². The van der Waals surface area contributed by atoms with E-state index in [1.54, 1.807) is 0 Å². The van der Waals surface area contributed by atoms with E-state index in [9.17, 15) is 18.7 Å². The molecule has 1 rings (SSSR count). The number of rotatable bonds is 5. The summed E-state index contributed by atoms with van der Waals surface area (Å²) in [6, 6.07) is 2.29. The van der Waals surface area contributed by atoms with Gasteiger partial charge in [-0.3, -0.25) is 0 Å². The summed E-state index contributed by atoms with van der Waals surface area (Å²) in [5, 5.41) is 9.44. The van der Waals surface area contributed by atoms with E-state index < -0.39 is 24.4 Å². The van der Waals surface area contributed by atoms with Crippen LogP contribution in [0.25, 0.3) is 0 Å². The molecule has 0 amide bonds. The van der Waals surface area contributed by atoms with E-state index in [-0.39, 0.29) is 21.2 Å². The number of aliphatic hydroxyl groups is 1. The van der Waals surface area contributed by atoms with Crippen LogP contribution >= 0.6 is 23.2 Å². The molecule has 0 aliphatic rings. The Bertz CT molecular complexity index is 511. The van der Waals surface area contributed by atoms with Crippen molar-refractivity contribution in [3.8, 4) is 5.75 Å². The lowest BCUT2D eigenvalue weighted by molar-refractivity contribution is -0.137. The summed E-state index contributed by atoms with van der Waals surface area (Å²) in [6.45, 7) is 0.278. The minimum Gasteiger partial charge on any atom is -0.466 e. The van der Waals surface area contributed by atoms with Crippen molar-refractivity contribution in [2.24, 2.45) is 0 Å². The van der Waals surface area contributed by atoms with Crippen LogP contribution in [0.5, 0.6) is 5.75 Å². The minimum atomic E-state index is -3.09. The molecule has 1 aromatic rings. The van der Waals surface area contributed by atoms with Gasteiger partial charge in [0.05, 0.1) is 22.7 Å². The molecular weight excluding hydrogens is 317 g/mol. The fraction of sp³-hybridized carbons (Fsp3) is 0.250. The summed E-state index contributed by atoms with van der Waals surface area (Å²) in [7, 11) is 1.12. The number of aliphatic hydroxyl groups excluding tert-OH is 1. The van der Waals surface area contributed by atoms with Crippen molar-refractivity contribution in [3.63, 3.8) is 0 Å². The van der Waals surface area contributed by atoms with Crippen LogP contribution in [0.3, 0.4) is 0 Å². The molecule has 0 aromatic heterocycles. The number of carbonyl (C=O) groups is 1. The van der Waals surface area contributed by atoms with Crippen LogP contribution in [0.2, 0.25) is 10.0 Å². The normalized spacial score (nSPS) is 12.2. The molecule has 0 aliphatic heterocycles. The Morgan fingerprint density at radius 1 is 1.35 bits per heavy atom. The fourth-order valence-electron chi connectivity index (χ4n) is 1.38. The predicted molar refractivity (Wildman–Crippen MR) is 69.2 cm³/mol. The Morgan fingerprint density at radius 3 is 2.25 bits per heavy atom. The first-order valence-electron chi connectivity index (χ1n) is 5.16. The van der Waals surface area contributed by atoms with Crippen molar-refractivity contribution in [3.05, 3.63) is 39.9 Å². The summed E-state index contributed by atoms with van der Waals surface area (Å²) in [5.41, 5.74) is -0.154. The van der Waals surface area contributed by atoms with Crippen LogP contribution in [-0.2, 0) is 9.53 Å². The smallest absolute Gasteiger partial charge is 0.387 e. The number of methoxy groups -OCH3 is 1. The van der Waals surface area contributed by atoms with Gasteiger partial charge in [0.15, 0.2) is 5.75 Å². The van der Waals surface area contributed by atoms with Gasteiger partial charge in [0.1, 0.15) is 6.10 Å². The molecule has 0 spiro atoms. The van der Waals surface area contributed by atoms with Crippen molar-refractivity contribution in [1.82, 2.24) is 0 Å². The average molecular weight is 327 g/mol. The van der Waals surface area contributed by atoms with Gasteiger partial charge in [0.25, 0.3) is 0 Å². The minimum absolute atomic E-state index is 0.0945. The van der Waals surface area contributed by atoms with Crippen LogP contribution < -0.4 is 4.74 Å². The van der Waals surface area contributed by atoms with Crippen molar-refractivity contribution in [2.75, 3.05) is 7.11 Å². The Morgan fingerprint density at radius 2 is 1.85 bits per heavy atom. The van der Waals surface area contributed by atoms with Gasteiger partial charge in [-0.25, -0.2) is 4.79 Å². The maximum atomic E-state index is 12.2. The molecule has 0 radical (unpaired) electrons. The second-order valence-electron chi connectivity index (χ2n) is 3.61. The molecule has 0 heterocycles. The third-order valence-electron chi connectivity index (χ3n) is 2.32. The van der Waals surface area contributed by atoms with Gasteiger partial charge in [0, 0.05) is 0 Å². The largest absolute Gasteiger partial charge is 0.466 e. The first-order chi connectivity index (χ1) is 9.27. The van der Waals surface area contributed by atoms with Gasteiger partial charge in [0.2, 0.25) is 0 Å². The van der Waals surface area contributed by atoms with E-state index >= 15 is 0 Å². The van der Waals surface area contributed by atoms with E-state index in [0.717, 1.165) is 19.2 Å². The van der Waals surface area contributed by atoms with Gasteiger partial charge in [-0.15, -0.1) is 0 Å². The maximum absolute atomic E-state index is 12.2. The number of alkyl halides is 2. The number of halogens is 4. The highest BCUT2D eigenvalue weighted by Gasteiger charge is 2.22. The summed E-state index contributed by atoms with van der Waals surface area (Å²) >= 11 is 11.5. The highest BCUT2D eigenvalue weighted by atomic mass is 35.5. The van der Waals surface area contributed by atoms with E-state index in [2.05, 4.69) is 16.1 Å². The summed E-state index contributed by atoms with van der Waals surface area (Å²) in [6.07, 6.45) is -1.43. The van der Waals surface area contributed by atoms with Crippen LogP contribution in [-0.4, -0.2) is 24.8 Å². The van der Waals surface area contributed by atoms with Gasteiger partial charge < -0.3 is 14.6 Å². The molecule has 0 aliphatic carbocycles. The first kappa shape index (κ1) is 16.7. The average Bonchev–Trinajstić information content (AvgIpc) is 2.39. The zero-order valence-corrected chi connectivity index (χ0v) is 11.7. The number of benzene rings is 1. The lowest BCUT2D eigenvalue weighted by Gasteiger charge is -2.15. The standard InChI is InChI=1S/C12H10Cl2F2O4/c1-5(11(18)19-2)9(17)6-3-7(13)10(8(14)4-6)20-12(15)16/h3-4,9,12,17H,1H2,2H3. The number of ether oxygens (including phenoxy) is 2. The zero-order chi connectivity index (χ0) is 15.4. The molecule has 0 saturated heterocycles. The van der Waals surface area contributed by atoms with E-state index in [0.29, 0.717) is 0 Å². The molecule has 110 valence electrons. The van der Waals surface area contributed by atoms with Crippen molar-refractivity contribution < 1.29 is 28.2 Å². The van der Waals surface area contributed by atoms with Gasteiger partial charge >= 0.3 is 12.6 Å². The summed E-state index contributed by atoms with van der Waals surface area (Å²) in [5.74, 6) is -1.24. The van der Waals surface area contributed by atoms with E-state index in [1.807, 2.05) is 0 Å². The van der Waals surface area contributed by atoms with Gasteiger partial charge in [-0.05, 0) is 17.7 Å². The quantitative estimate of drug-likeness (QED) is 0.666. The summed E-state index contributed by atoms with van der Waals surface area (Å²) < 4.78 is 32.9. The van der Waals surface area contributed by atoms with Crippen LogP contribution in [0.4, 0.5) is 8.78 Å². The number of carbonyl (C=O) groups excluding carboxylic acids is 1. The zero-order valence-electron chi connectivity index (χ0n) is 10.2. The highest BCUT2D eigenvalue weighted by Crippen LogP contribution is 2.37. The maximum Gasteiger partial charge on any atom is 0.387 e. The molecule has 1 unspecified atom stereocenters. The highest BCUT2D eigenvalue weighted by molar-refractivity contribution is 6.37. The molecule has 4 nitrogen and oxygen atoms in total. The lowest BCUT2D eigenvalue weighted by atomic mass is 10.0. The molecule has 1 N–H and O–H groups in total. The lowest BCUT2D eigenvalue weighted by Crippen LogP contribution is -2.12. The molecule has 0 bridgehead atoms. The molecular formula is C12H10Cl2F2O4. The SMILES string of the molecule is C=C(C(=O)OC)C(O)c1cc(Cl)c(OC(F)F)c(Cl)c1. The Labute approximate surface area is 123 Å². The van der Waals surface area contributed by atoms with Crippen molar-refractivity contribution in [1.29, 1.82) is 0 Å². The van der Waals surface area contributed by atoms with Gasteiger partial charge in [-0.1, -0.05) is 29.8 Å². The van der Waals surface area contributed by atoms with Crippen LogP contribution in [0.15, 0.2) is 24.3 Å². The molecule has 0 fully saturated rings. The summed E-state index contributed by atoms with van der Waals surface area (Å²) in [4.78, 5) is 11.2. The van der Waals surface area contributed by atoms with Crippen molar-refractivity contribution in [2.45, 2.75) is 12.7 Å². The third kappa shape index (κ3) is 3.82. The third-order valence-corrected chi connectivity index (χ3v) is 2.88. The Hall–Kier alpha value is -1.37. The molecule has 1 aromatic carbocycles. The van der Waals surface area contributed by atoms with Crippen LogP contribution in [0, 0.1) is 0 Å². The predicted octanol–water partition coefficient (Wildman–Crippen LogP) is 3.36. The van der Waals surface area contributed by atoms with Gasteiger partial charge in [-0.2, -0.15) is 8.78 Å². The molecule has 20 heavy (non-hydrogen) atoms. The molecule has 1 atom stereocenters. The first-order valence-corrected chi connectivity index (χ1v) is 5.92. The van der Waals surface area contributed by atoms with Crippen LogP contribution in [0.1, 0.15) is 11.7 Å². The molecule has 8 heteroatoms.